The number of rotatable bonds is 8. The molecule has 0 amide bonds. The van der Waals surface area contributed by atoms with Crippen LogP contribution in [-0.4, -0.2) is 51.2 Å². The summed E-state index contributed by atoms with van der Waals surface area (Å²) < 4.78 is 5.14. The first-order chi connectivity index (χ1) is 10.0. The van der Waals surface area contributed by atoms with E-state index in [0.29, 0.717) is 29.0 Å². The van der Waals surface area contributed by atoms with Gasteiger partial charge >= 0.3 is 5.97 Å². The zero-order chi connectivity index (χ0) is 15.4. The SMILES string of the molecule is CCOCC(O)CSc1nc(C2CC2)nc(C)c1C(=O)O. The summed E-state index contributed by atoms with van der Waals surface area (Å²) in [7, 11) is 0. The molecule has 1 aliphatic carbocycles. The average molecular weight is 312 g/mol. The van der Waals surface area contributed by atoms with Gasteiger partial charge in [-0.05, 0) is 26.7 Å². The monoisotopic (exact) mass is 312 g/mol. The first-order valence-corrected chi connectivity index (χ1v) is 8.01. The average Bonchev–Trinajstić information content (AvgIpc) is 3.26. The fourth-order valence-corrected chi connectivity index (χ4v) is 2.90. The van der Waals surface area contributed by atoms with E-state index in [1.165, 1.54) is 11.8 Å². The van der Waals surface area contributed by atoms with E-state index in [1.807, 2.05) is 6.92 Å². The van der Waals surface area contributed by atoms with Gasteiger partial charge in [0.15, 0.2) is 0 Å². The normalized spacial score (nSPS) is 16.0. The molecule has 7 heteroatoms. The lowest BCUT2D eigenvalue weighted by Gasteiger charge is -2.12. The Balaban J connectivity index is 2.13. The largest absolute Gasteiger partial charge is 0.478 e. The Labute approximate surface area is 128 Å². The van der Waals surface area contributed by atoms with Crippen LogP contribution in [0.5, 0.6) is 0 Å². The van der Waals surface area contributed by atoms with Gasteiger partial charge in [0.2, 0.25) is 0 Å². The summed E-state index contributed by atoms with van der Waals surface area (Å²) in [5.74, 6) is 0.399. The van der Waals surface area contributed by atoms with E-state index in [0.717, 1.165) is 18.7 Å². The third-order valence-electron chi connectivity index (χ3n) is 3.16. The number of thioether (sulfide) groups is 1. The summed E-state index contributed by atoms with van der Waals surface area (Å²) in [6, 6.07) is 0. The van der Waals surface area contributed by atoms with Crippen LogP contribution in [-0.2, 0) is 4.74 Å². The highest BCUT2D eigenvalue weighted by molar-refractivity contribution is 7.99. The van der Waals surface area contributed by atoms with Crippen molar-refractivity contribution in [2.45, 2.75) is 43.7 Å². The second kappa shape index (κ2) is 7.20. The third-order valence-corrected chi connectivity index (χ3v) is 4.28. The van der Waals surface area contributed by atoms with E-state index in [4.69, 9.17) is 4.74 Å². The highest BCUT2D eigenvalue weighted by Gasteiger charge is 2.29. The molecular weight excluding hydrogens is 292 g/mol. The number of nitrogens with zero attached hydrogens (tertiary/aromatic N) is 2. The summed E-state index contributed by atoms with van der Waals surface area (Å²) in [5.41, 5.74) is 0.620. The van der Waals surface area contributed by atoms with Gasteiger partial charge in [0.1, 0.15) is 16.4 Å². The van der Waals surface area contributed by atoms with Crippen molar-refractivity contribution in [1.82, 2.24) is 9.97 Å². The Morgan fingerprint density at radius 2 is 2.19 bits per heavy atom. The predicted octanol–water partition coefficient (Wildman–Crippen LogP) is 1.85. The molecule has 1 fully saturated rings. The fourth-order valence-electron chi connectivity index (χ4n) is 1.92. The third kappa shape index (κ3) is 4.39. The Morgan fingerprint density at radius 1 is 1.48 bits per heavy atom. The Kier molecular flexibility index (Phi) is 5.55. The van der Waals surface area contributed by atoms with Crippen molar-refractivity contribution >= 4 is 17.7 Å². The number of aromatic carboxylic acids is 1. The molecule has 1 aliphatic rings. The summed E-state index contributed by atoms with van der Waals surface area (Å²) in [5, 5.41) is 19.5. The number of carboxylic acids is 1. The van der Waals surface area contributed by atoms with Crippen molar-refractivity contribution < 1.29 is 19.7 Å². The van der Waals surface area contributed by atoms with Crippen LogP contribution in [0.1, 0.15) is 47.6 Å². The molecule has 116 valence electrons. The Morgan fingerprint density at radius 3 is 2.76 bits per heavy atom. The zero-order valence-corrected chi connectivity index (χ0v) is 13.0. The number of carbonyl (C=O) groups is 1. The summed E-state index contributed by atoms with van der Waals surface area (Å²) >= 11 is 1.25. The number of hydrogen-bond donors (Lipinski definition) is 2. The molecule has 1 heterocycles. The quantitative estimate of drug-likeness (QED) is 0.559. The molecule has 1 atom stereocenters. The lowest BCUT2D eigenvalue weighted by atomic mass is 10.2. The molecule has 0 spiro atoms. The maximum atomic E-state index is 11.4. The minimum absolute atomic E-state index is 0.132. The first kappa shape index (κ1) is 16.2. The summed E-state index contributed by atoms with van der Waals surface area (Å²) in [6.07, 6.45) is 1.47. The number of aliphatic hydroxyl groups is 1. The number of hydrogen-bond acceptors (Lipinski definition) is 6. The fraction of sp³-hybridized carbons (Fsp3) is 0.643. The van der Waals surface area contributed by atoms with Crippen molar-refractivity contribution in [2.75, 3.05) is 19.0 Å². The van der Waals surface area contributed by atoms with Crippen LogP contribution >= 0.6 is 11.8 Å². The predicted molar refractivity (Wildman–Crippen MR) is 78.9 cm³/mol. The Bertz CT molecular complexity index is 520. The summed E-state index contributed by atoms with van der Waals surface area (Å²) in [6.45, 7) is 4.34. The Hall–Kier alpha value is -1.18. The molecule has 6 nitrogen and oxygen atoms in total. The zero-order valence-electron chi connectivity index (χ0n) is 12.2. The molecule has 0 aromatic carbocycles. The number of aryl methyl sites for hydroxylation is 1. The molecule has 0 bridgehead atoms. The molecule has 1 aromatic heterocycles. The van der Waals surface area contributed by atoms with Crippen LogP contribution in [0.2, 0.25) is 0 Å². The second-order valence-electron chi connectivity index (χ2n) is 5.05. The highest BCUT2D eigenvalue weighted by atomic mass is 32.2. The van der Waals surface area contributed by atoms with Crippen molar-refractivity contribution in [3.05, 3.63) is 17.1 Å². The van der Waals surface area contributed by atoms with Crippen molar-refractivity contribution in [3.8, 4) is 0 Å². The summed E-state index contributed by atoms with van der Waals surface area (Å²) in [4.78, 5) is 20.1. The molecule has 21 heavy (non-hydrogen) atoms. The molecule has 2 rings (SSSR count). The van der Waals surface area contributed by atoms with Gasteiger partial charge in [0.25, 0.3) is 0 Å². The number of aromatic nitrogens is 2. The standard InChI is InChI=1S/C14H20N2O4S/c1-3-20-6-10(17)7-21-13-11(14(18)19)8(2)15-12(16-13)9-4-5-9/h9-10,17H,3-7H2,1-2H3,(H,18,19). The van der Waals surface area contributed by atoms with E-state index < -0.39 is 12.1 Å². The van der Waals surface area contributed by atoms with Crippen LogP contribution in [0.15, 0.2) is 5.03 Å². The van der Waals surface area contributed by atoms with Gasteiger partial charge in [-0.3, -0.25) is 0 Å². The van der Waals surface area contributed by atoms with Crippen LogP contribution in [0.3, 0.4) is 0 Å². The van der Waals surface area contributed by atoms with Gasteiger partial charge in [-0.15, -0.1) is 11.8 Å². The molecule has 1 unspecified atom stereocenters. The molecule has 1 saturated carbocycles. The number of ether oxygens (including phenoxy) is 1. The molecule has 0 saturated heterocycles. The molecule has 0 aliphatic heterocycles. The molecular formula is C14H20N2O4S. The van der Waals surface area contributed by atoms with Gasteiger partial charge in [-0.1, -0.05) is 0 Å². The van der Waals surface area contributed by atoms with Crippen LogP contribution in [0, 0.1) is 6.92 Å². The van der Waals surface area contributed by atoms with Crippen LogP contribution in [0.4, 0.5) is 0 Å². The topological polar surface area (TPSA) is 92.5 Å². The van der Waals surface area contributed by atoms with E-state index in [1.54, 1.807) is 6.92 Å². The van der Waals surface area contributed by atoms with E-state index >= 15 is 0 Å². The van der Waals surface area contributed by atoms with Gasteiger partial charge < -0.3 is 14.9 Å². The lowest BCUT2D eigenvalue weighted by Crippen LogP contribution is -2.18. The van der Waals surface area contributed by atoms with Crippen LogP contribution in [0.25, 0.3) is 0 Å². The number of aliphatic hydroxyl groups excluding tert-OH is 1. The van der Waals surface area contributed by atoms with Crippen molar-refractivity contribution in [1.29, 1.82) is 0 Å². The number of carboxylic acid groups (broad SMARTS) is 1. The van der Waals surface area contributed by atoms with E-state index in [2.05, 4.69) is 9.97 Å². The molecule has 1 aromatic rings. The van der Waals surface area contributed by atoms with E-state index in [9.17, 15) is 15.0 Å². The minimum Gasteiger partial charge on any atom is -0.478 e. The maximum Gasteiger partial charge on any atom is 0.340 e. The van der Waals surface area contributed by atoms with Gasteiger partial charge in [0, 0.05) is 18.3 Å². The molecule has 2 N–H and O–H groups in total. The van der Waals surface area contributed by atoms with Crippen molar-refractivity contribution in [3.63, 3.8) is 0 Å². The second-order valence-corrected chi connectivity index (χ2v) is 6.06. The van der Waals surface area contributed by atoms with Crippen LogP contribution < -0.4 is 0 Å². The van der Waals surface area contributed by atoms with Gasteiger partial charge in [-0.2, -0.15) is 0 Å². The maximum absolute atomic E-state index is 11.4. The smallest absolute Gasteiger partial charge is 0.340 e. The van der Waals surface area contributed by atoms with Gasteiger partial charge in [0.05, 0.1) is 18.4 Å². The van der Waals surface area contributed by atoms with Gasteiger partial charge in [-0.25, -0.2) is 14.8 Å². The lowest BCUT2D eigenvalue weighted by molar-refractivity contribution is 0.0551. The van der Waals surface area contributed by atoms with Crippen molar-refractivity contribution in [2.24, 2.45) is 0 Å². The molecule has 0 radical (unpaired) electrons. The first-order valence-electron chi connectivity index (χ1n) is 7.03. The van der Waals surface area contributed by atoms with E-state index in [-0.39, 0.29) is 12.2 Å². The highest BCUT2D eigenvalue weighted by Crippen LogP contribution is 2.39. The minimum atomic E-state index is -1.03.